The van der Waals surface area contributed by atoms with Crippen LogP contribution in [-0.2, 0) is 16.4 Å². The van der Waals surface area contributed by atoms with Crippen LogP contribution in [-0.4, -0.2) is 71.1 Å². The van der Waals surface area contributed by atoms with Gasteiger partial charge in [0.2, 0.25) is 10.0 Å². The van der Waals surface area contributed by atoms with Crippen molar-refractivity contribution < 1.29 is 13.2 Å². The van der Waals surface area contributed by atoms with Crippen molar-refractivity contribution in [1.82, 2.24) is 20.3 Å². The molecule has 3 N–H and O–H groups in total. The molecule has 0 aliphatic carbocycles. The topological polar surface area (TPSA) is 103 Å². The van der Waals surface area contributed by atoms with Gasteiger partial charge in [-0.25, -0.2) is 12.7 Å². The van der Waals surface area contributed by atoms with E-state index in [0.717, 1.165) is 12.0 Å². The van der Waals surface area contributed by atoms with Crippen molar-refractivity contribution in [2.75, 3.05) is 46.5 Å². The number of nitrogens with one attached hydrogen (secondary N) is 3. The predicted octanol–water partition coefficient (Wildman–Crippen LogP) is 0.425. The minimum absolute atomic E-state index is 0.0995. The molecule has 0 radical (unpaired) electrons. The van der Waals surface area contributed by atoms with Crippen LogP contribution in [0.25, 0.3) is 0 Å². The number of carbonyl (C=O) groups excluding carboxylic acids is 1. The van der Waals surface area contributed by atoms with E-state index in [-0.39, 0.29) is 5.91 Å². The Kier molecular flexibility index (Phi) is 9.81. The number of carbonyl (C=O) groups is 1. The normalized spacial score (nSPS) is 12.1. The summed E-state index contributed by atoms with van der Waals surface area (Å²) in [4.78, 5) is 15.8. The van der Waals surface area contributed by atoms with Crippen molar-refractivity contribution in [1.29, 1.82) is 0 Å². The lowest BCUT2D eigenvalue weighted by Crippen LogP contribution is -2.40. The standard InChI is InChI=1S/C18H31N5O3S/c1-5-23(27(4,25)26)13-7-11-21-18(20-3)22-12-10-15-8-6-9-16(14-15)17(24)19-2/h6,8-9,14H,5,7,10-13H2,1-4H3,(H,19,24)(H2,20,21,22). The highest BCUT2D eigenvalue weighted by molar-refractivity contribution is 7.88. The summed E-state index contributed by atoms with van der Waals surface area (Å²) in [6.45, 7) is 4.07. The van der Waals surface area contributed by atoms with Crippen molar-refractivity contribution in [3.05, 3.63) is 35.4 Å². The molecular formula is C18H31N5O3S. The Bertz CT molecular complexity index is 734. The molecule has 1 aromatic carbocycles. The summed E-state index contributed by atoms with van der Waals surface area (Å²) < 4.78 is 24.6. The molecule has 0 aliphatic rings. The van der Waals surface area contributed by atoms with E-state index in [9.17, 15) is 13.2 Å². The van der Waals surface area contributed by atoms with Crippen LogP contribution in [0.3, 0.4) is 0 Å². The van der Waals surface area contributed by atoms with E-state index in [1.165, 1.54) is 10.6 Å². The average molecular weight is 398 g/mol. The lowest BCUT2D eigenvalue weighted by Gasteiger charge is -2.18. The minimum atomic E-state index is -3.15. The van der Waals surface area contributed by atoms with Crippen molar-refractivity contribution in [2.45, 2.75) is 19.8 Å². The molecular weight excluding hydrogens is 366 g/mol. The summed E-state index contributed by atoms with van der Waals surface area (Å²) in [6.07, 6.45) is 2.67. The Morgan fingerprint density at radius 3 is 2.52 bits per heavy atom. The fourth-order valence-corrected chi connectivity index (χ4v) is 3.51. The number of aliphatic imine (C=N–C) groups is 1. The maximum Gasteiger partial charge on any atom is 0.251 e. The van der Waals surface area contributed by atoms with Gasteiger partial charge < -0.3 is 16.0 Å². The van der Waals surface area contributed by atoms with Gasteiger partial charge in [-0.3, -0.25) is 9.79 Å². The molecule has 9 heteroatoms. The zero-order valence-electron chi connectivity index (χ0n) is 16.6. The molecule has 0 bridgehead atoms. The summed E-state index contributed by atoms with van der Waals surface area (Å²) in [5, 5.41) is 9.02. The van der Waals surface area contributed by atoms with Gasteiger partial charge in [-0.1, -0.05) is 19.1 Å². The molecule has 0 aliphatic heterocycles. The number of hydrogen-bond acceptors (Lipinski definition) is 4. The first-order chi connectivity index (χ1) is 12.8. The number of benzene rings is 1. The Labute approximate surface area is 162 Å². The number of amides is 1. The summed E-state index contributed by atoms with van der Waals surface area (Å²) in [5.74, 6) is 0.567. The molecule has 0 saturated carbocycles. The lowest BCUT2D eigenvalue weighted by molar-refractivity contribution is 0.0963. The summed E-state index contributed by atoms with van der Waals surface area (Å²) in [5.41, 5.74) is 1.70. The Hall–Kier alpha value is -2.13. The zero-order valence-corrected chi connectivity index (χ0v) is 17.4. The van der Waals surface area contributed by atoms with Gasteiger partial charge in [-0.05, 0) is 30.5 Å². The fourth-order valence-electron chi connectivity index (χ4n) is 2.58. The van der Waals surface area contributed by atoms with E-state index in [1.54, 1.807) is 20.2 Å². The van der Waals surface area contributed by atoms with E-state index in [4.69, 9.17) is 0 Å². The highest BCUT2D eigenvalue weighted by Crippen LogP contribution is 2.05. The molecule has 0 heterocycles. The second-order valence-corrected chi connectivity index (χ2v) is 8.05. The lowest BCUT2D eigenvalue weighted by atomic mass is 10.1. The summed E-state index contributed by atoms with van der Waals surface area (Å²) >= 11 is 0. The molecule has 0 aromatic heterocycles. The van der Waals surface area contributed by atoms with Gasteiger partial charge in [0.15, 0.2) is 5.96 Å². The largest absolute Gasteiger partial charge is 0.356 e. The smallest absolute Gasteiger partial charge is 0.251 e. The van der Waals surface area contributed by atoms with E-state index in [0.29, 0.717) is 44.1 Å². The van der Waals surface area contributed by atoms with Crippen LogP contribution >= 0.6 is 0 Å². The number of nitrogens with zero attached hydrogens (tertiary/aromatic N) is 2. The number of sulfonamides is 1. The van der Waals surface area contributed by atoms with Crippen molar-refractivity contribution in [2.24, 2.45) is 4.99 Å². The molecule has 1 rings (SSSR count). The van der Waals surface area contributed by atoms with E-state index < -0.39 is 10.0 Å². The van der Waals surface area contributed by atoms with Crippen LogP contribution in [0.15, 0.2) is 29.3 Å². The third-order valence-corrected chi connectivity index (χ3v) is 5.42. The molecule has 0 spiro atoms. The fraction of sp³-hybridized carbons (Fsp3) is 0.556. The van der Waals surface area contributed by atoms with Crippen molar-refractivity contribution in [3.63, 3.8) is 0 Å². The number of rotatable bonds is 10. The third kappa shape index (κ3) is 8.40. The highest BCUT2D eigenvalue weighted by Gasteiger charge is 2.13. The molecule has 8 nitrogen and oxygen atoms in total. The molecule has 0 fully saturated rings. The van der Waals surface area contributed by atoms with Crippen LogP contribution in [0.5, 0.6) is 0 Å². The van der Waals surface area contributed by atoms with Gasteiger partial charge in [-0.2, -0.15) is 0 Å². The maximum absolute atomic E-state index is 11.7. The Morgan fingerprint density at radius 2 is 1.93 bits per heavy atom. The summed E-state index contributed by atoms with van der Waals surface area (Å²) in [6, 6.07) is 7.51. The zero-order chi connectivity index (χ0) is 20.3. The molecule has 152 valence electrons. The molecule has 0 saturated heterocycles. The molecule has 0 atom stereocenters. The Morgan fingerprint density at radius 1 is 1.22 bits per heavy atom. The van der Waals surface area contributed by atoms with Gasteiger partial charge in [0, 0.05) is 45.8 Å². The monoisotopic (exact) mass is 397 g/mol. The third-order valence-electron chi connectivity index (χ3n) is 4.04. The molecule has 27 heavy (non-hydrogen) atoms. The van der Waals surface area contributed by atoms with E-state index >= 15 is 0 Å². The van der Waals surface area contributed by atoms with E-state index in [1.807, 2.05) is 25.1 Å². The van der Waals surface area contributed by atoms with Crippen LogP contribution < -0.4 is 16.0 Å². The first-order valence-electron chi connectivity index (χ1n) is 9.02. The summed E-state index contributed by atoms with van der Waals surface area (Å²) in [7, 11) is 0.157. The van der Waals surface area contributed by atoms with Gasteiger partial charge >= 0.3 is 0 Å². The highest BCUT2D eigenvalue weighted by atomic mass is 32.2. The van der Waals surface area contributed by atoms with E-state index in [2.05, 4.69) is 20.9 Å². The quantitative estimate of drug-likeness (QED) is 0.302. The minimum Gasteiger partial charge on any atom is -0.356 e. The molecule has 1 aromatic rings. The van der Waals surface area contributed by atoms with Crippen molar-refractivity contribution in [3.8, 4) is 0 Å². The van der Waals surface area contributed by atoms with Crippen molar-refractivity contribution >= 4 is 21.9 Å². The number of hydrogen-bond donors (Lipinski definition) is 3. The first-order valence-corrected chi connectivity index (χ1v) is 10.9. The maximum atomic E-state index is 11.7. The average Bonchev–Trinajstić information content (AvgIpc) is 2.65. The second kappa shape index (κ2) is 11.6. The number of guanidine groups is 1. The van der Waals surface area contributed by atoms with Crippen LogP contribution in [0.2, 0.25) is 0 Å². The molecule has 0 unspecified atom stereocenters. The van der Waals surface area contributed by atoms with Gasteiger partial charge in [-0.15, -0.1) is 0 Å². The van der Waals surface area contributed by atoms with Crippen LogP contribution in [0, 0.1) is 0 Å². The SMILES string of the molecule is CCN(CCCNC(=NC)NCCc1cccc(C(=O)NC)c1)S(C)(=O)=O. The first kappa shape index (κ1) is 22.9. The Balaban J connectivity index is 2.38. The van der Waals surface area contributed by atoms with Crippen LogP contribution in [0.4, 0.5) is 0 Å². The second-order valence-electron chi connectivity index (χ2n) is 6.06. The van der Waals surface area contributed by atoms with Gasteiger partial charge in [0.05, 0.1) is 6.26 Å². The van der Waals surface area contributed by atoms with Gasteiger partial charge in [0.25, 0.3) is 5.91 Å². The molecule has 1 amide bonds. The van der Waals surface area contributed by atoms with Gasteiger partial charge in [0.1, 0.15) is 0 Å². The predicted molar refractivity (Wildman–Crippen MR) is 110 cm³/mol. The van der Waals surface area contributed by atoms with Crippen LogP contribution in [0.1, 0.15) is 29.3 Å².